The molecule has 0 bridgehead atoms. The number of quaternary nitrogens is 1. The number of nitrogens with one attached hydrogen (secondary N) is 2. The second-order valence-electron chi connectivity index (χ2n) is 7.35. The van der Waals surface area contributed by atoms with Gasteiger partial charge in [-0.25, -0.2) is 0 Å². The van der Waals surface area contributed by atoms with Gasteiger partial charge in [-0.05, 0) is 30.2 Å². The Balaban J connectivity index is 0.00000341. The van der Waals surface area contributed by atoms with Gasteiger partial charge >= 0.3 is 0 Å². The third kappa shape index (κ3) is 6.94. The van der Waals surface area contributed by atoms with Crippen LogP contribution in [0.2, 0.25) is 0 Å². The van der Waals surface area contributed by atoms with Gasteiger partial charge in [0, 0.05) is 31.5 Å². The van der Waals surface area contributed by atoms with Gasteiger partial charge in [-0.2, -0.15) is 0 Å². The number of carbonyl (C=O) groups is 1. The van der Waals surface area contributed by atoms with Gasteiger partial charge in [0.2, 0.25) is 0 Å². The van der Waals surface area contributed by atoms with E-state index in [9.17, 15) is 14.7 Å². The molecule has 1 amide bonds. The van der Waals surface area contributed by atoms with E-state index in [2.05, 4.69) is 21.0 Å². The third-order valence-electron chi connectivity index (χ3n) is 4.94. The fraction of sp³-hybridized carbons (Fsp3) is 0.261. The lowest BCUT2D eigenvalue weighted by Crippen LogP contribution is -3.00. The molecule has 1 aromatic heterocycles. The highest BCUT2D eigenvalue weighted by Crippen LogP contribution is 2.11. The number of H-pyrrole nitrogens is 1. The first-order valence-corrected chi connectivity index (χ1v) is 9.93. The summed E-state index contributed by atoms with van der Waals surface area (Å²) in [4.78, 5) is 32.1. The Kier molecular flexibility index (Phi) is 8.78. The SMILES string of the molecule is Cc1nc(CCNC(=O)[C@@H]([NH3+])Cc2ccc(O)cc2)c(=O)[nH]c1Cc1ccccc1.[Cl-]. The second kappa shape index (κ2) is 11.3. The van der Waals surface area contributed by atoms with Crippen LogP contribution in [0, 0.1) is 6.92 Å². The first kappa shape index (κ1) is 24.1. The number of aromatic nitrogens is 2. The number of phenols is 1. The normalized spacial score (nSPS) is 11.4. The third-order valence-corrected chi connectivity index (χ3v) is 4.94. The number of aromatic amines is 1. The molecule has 7 nitrogen and oxygen atoms in total. The Hall–Kier alpha value is -3.16. The highest BCUT2D eigenvalue weighted by Gasteiger charge is 2.18. The Morgan fingerprint density at radius 3 is 2.48 bits per heavy atom. The molecule has 3 aromatic rings. The minimum atomic E-state index is -0.462. The highest BCUT2D eigenvalue weighted by molar-refractivity contribution is 5.80. The van der Waals surface area contributed by atoms with Crippen LogP contribution in [-0.4, -0.2) is 33.6 Å². The van der Waals surface area contributed by atoms with Gasteiger partial charge < -0.3 is 33.5 Å². The molecular weight excluding hydrogens is 416 g/mol. The van der Waals surface area contributed by atoms with Gasteiger partial charge in [0.25, 0.3) is 11.5 Å². The standard InChI is InChI=1S/C23H26N4O3.ClH/c1-15-21(14-16-5-3-2-4-6-16)27-23(30)20(26-15)11-12-25-22(29)19(24)13-17-7-9-18(28)10-8-17;/h2-10,19,28H,11-14,24H2,1H3,(H,25,29)(H,27,30);1H/t19-;/m0./s1. The molecule has 31 heavy (non-hydrogen) atoms. The summed E-state index contributed by atoms with van der Waals surface area (Å²) in [5.41, 5.74) is 7.69. The molecule has 0 aliphatic carbocycles. The quantitative estimate of drug-likeness (QED) is 0.319. The average molecular weight is 443 g/mol. The van der Waals surface area contributed by atoms with Gasteiger partial charge in [0.15, 0.2) is 6.04 Å². The molecule has 0 radical (unpaired) electrons. The number of benzene rings is 2. The van der Waals surface area contributed by atoms with E-state index >= 15 is 0 Å². The van der Waals surface area contributed by atoms with Crippen molar-refractivity contribution in [3.8, 4) is 5.75 Å². The van der Waals surface area contributed by atoms with Gasteiger partial charge in [-0.1, -0.05) is 42.5 Å². The topological polar surface area (TPSA) is 123 Å². The molecule has 0 aliphatic heterocycles. The molecule has 3 rings (SSSR count). The number of aromatic hydroxyl groups is 1. The van der Waals surface area contributed by atoms with Crippen LogP contribution in [0.4, 0.5) is 0 Å². The largest absolute Gasteiger partial charge is 1.00 e. The van der Waals surface area contributed by atoms with Crippen molar-refractivity contribution < 1.29 is 28.0 Å². The van der Waals surface area contributed by atoms with Crippen LogP contribution in [-0.2, 0) is 24.1 Å². The van der Waals surface area contributed by atoms with Crippen molar-refractivity contribution in [3.63, 3.8) is 0 Å². The number of hydrogen-bond acceptors (Lipinski definition) is 4. The maximum atomic E-state index is 12.4. The lowest BCUT2D eigenvalue weighted by Gasteiger charge is -2.11. The predicted molar refractivity (Wildman–Crippen MR) is 114 cm³/mol. The van der Waals surface area contributed by atoms with Crippen molar-refractivity contribution in [2.45, 2.75) is 32.2 Å². The van der Waals surface area contributed by atoms with Crippen LogP contribution in [0.3, 0.4) is 0 Å². The summed E-state index contributed by atoms with van der Waals surface area (Å²) in [5.74, 6) is 0.00328. The fourth-order valence-electron chi connectivity index (χ4n) is 3.22. The van der Waals surface area contributed by atoms with Gasteiger partial charge in [0.05, 0.1) is 5.69 Å². The van der Waals surface area contributed by atoms with Crippen molar-refractivity contribution in [1.29, 1.82) is 0 Å². The summed E-state index contributed by atoms with van der Waals surface area (Å²) in [6, 6.07) is 16.1. The number of carbonyl (C=O) groups excluding carboxylic acids is 1. The molecule has 164 valence electrons. The van der Waals surface area contributed by atoms with E-state index in [0.717, 1.165) is 22.5 Å². The Morgan fingerprint density at radius 1 is 1.13 bits per heavy atom. The van der Waals surface area contributed by atoms with Crippen molar-refractivity contribution in [2.24, 2.45) is 0 Å². The minimum absolute atomic E-state index is 0. The Morgan fingerprint density at radius 2 is 1.81 bits per heavy atom. The molecule has 0 spiro atoms. The van der Waals surface area contributed by atoms with Crippen molar-refractivity contribution >= 4 is 5.91 Å². The number of phenolic OH excluding ortho intramolecular Hbond substituents is 1. The summed E-state index contributed by atoms with van der Waals surface area (Å²) >= 11 is 0. The van der Waals surface area contributed by atoms with Crippen molar-refractivity contribution in [1.82, 2.24) is 15.3 Å². The van der Waals surface area contributed by atoms with E-state index in [-0.39, 0.29) is 29.6 Å². The van der Waals surface area contributed by atoms with Crippen LogP contribution in [0.25, 0.3) is 0 Å². The first-order valence-electron chi connectivity index (χ1n) is 9.93. The molecule has 6 N–H and O–H groups in total. The van der Waals surface area contributed by atoms with Crippen molar-refractivity contribution in [3.05, 3.63) is 93.2 Å². The molecular formula is C23H27ClN4O3. The Labute approximate surface area is 187 Å². The predicted octanol–water partition coefficient (Wildman–Crippen LogP) is -2.11. The summed E-state index contributed by atoms with van der Waals surface area (Å²) in [5, 5.41) is 12.1. The molecule has 1 heterocycles. The number of aryl methyl sites for hydroxylation is 1. The van der Waals surface area contributed by atoms with E-state index in [4.69, 9.17) is 0 Å². The Bertz CT molecular complexity index is 1050. The van der Waals surface area contributed by atoms with Crippen LogP contribution in [0.5, 0.6) is 5.75 Å². The smallest absolute Gasteiger partial charge is 0.278 e. The van der Waals surface area contributed by atoms with Crippen LogP contribution in [0.1, 0.15) is 28.2 Å². The first-order chi connectivity index (χ1) is 14.4. The molecule has 2 aromatic carbocycles. The monoisotopic (exact) mass is 442 g/mol. The molecule has 0 aliphatic rings. The van der Waals surface area contributed by atoms with Crippen LogP contribution in [0.15, 0.2) is 59.4 Å². The van der Waals surface area contributed by atoms with E-state index < -0.39 is 6.04 Å². The maximum absolute atomic E-state index is 12.4. The number of rotatable bonds is 8. The summed E-state index contributed by atoms with van der Waals surface area (Å²) in [6.07, 6.45) is 1.43. The van der Waals surface area contributed by atoms with E-state index in [1.54, 1.807) is 24.3 Å². The number of nitrogens with zero attached hydrogens (tertiary/aromatic N) is 1. The second-order valence-corrected chi connectivity index (χ2v) is 7.35. The van der Waals surface area contributed by atoms with Gasteiger partial charge in [-0.15, -0.1) is 0 Å². The van der Waals surface area contributed by atoms with Crippen molar-refractivity contribution in [2.75, 3.05) is 6.54 Å². The zero-order valence-corrected chi connectivity index (χ0v) is 18.2. The number of amides is 1. The minimum Gasteiger partial charge on any atom is -1.00 e. The molecule has 8 heteroatoms. The van der Waals surface area contributed by atoms with Gasteiger partial charge in [0.1, 0.15) is 11.4 Å². The fourth-order valence-corrected chi connectivity index (χ4v) is 3.22. The molecule has 1 atom stereocenters. The molecule has 0 saturated carbocycles. The molecule has 0 saturated heterocycles. The lowest BCUT2D eigenvalue weighted by atomic mass is 10.1. The number of halogens is 1. The summed E-state index contributed by atoms with van der Waals surface area (Å²) in [6.45, 7) is 2.19. The van der Waals surface area contributed by atoms with Gasteiger partial charge in [-0.3, -0.25) is 14.6 Å². The maximum Gasteiger partial charge on any atom is 0.278 e. The molecule has 0 fully saturated rings. The van der Waals surface area contributed by atoms with Crippen LogP contribution >= 0.6 is 0 Å². The van der Waals surface area contributed by atoms with Crippen LogP contribution < -0.4 is 29.0 Å². The summed E-state index contributed by atoms with van der Waals surface area (Å²) in [7, 11) is 0. The zero-order valence-electron chi connectivity index (χ0n) is 17.4. The highest BCUT2D eigenvalue weighted by atomic mass is 35.5. The van der Waals surface area contributed by atoms with E-state index in [1.165, 1.54) is 0 Å². The van der Waals surface area contributed by atoms with E-state index in [1.807, 2.05) is 37.3 Å². The average Bonchev–Trinajstić information content (AvgIpc) is 2.73. The lowest BCUT2D eigenvalue weighted by molar-refractivity contribution is -0.403. The number of hydrogen-bond donors (Lipinski definition) is 4. The zero-order chi connectivity index (χ0) is 21.5. The van der Waals surface area contributed by atoms with E-state index in [0.29, 0.717) is 31.5 Å². The molecule has 0 unspecified atom stereocenters. The summed E-state index contributed by atoms with van der Waals surface area (Å²) < 4.78 is 0.